The van der Waals surface area contributed by atoms with Crippen molar-refractivity contribution in [2.75, 3.05) is 20.3 Å². The van der Waals surface area contributed by atoms with Gasteiger partial charge in [-0.2, -0.15) is 0 Å². The number of nitrogens with one attached hydrogen (secondary N) is 1. The molecule has 1 atom stereocenters. The number of rotatable bonds is 8. The van der Waals surface area contributed by atoms with Gasteiger partial charge < -0.3 is 19.5 Å². The Morgan fingerprint density at radius 2 is 2.08 bits per heavy atom. The van der Waals surface area contributed by atoms with Crippen molar-refractivity contribution in [3.05, 3.63) is 57.8 Å². The van der Waals surface area contributed by atoms with Gasteiger partial charge in [0.05, 0.1) is 13.2 Å². The third kappa shape index (κ3) is 4.96. The lowest BCUT2D eigenvalue weighted by atomic mass is 10.2. The molecule has 0 bridgehead atoms. The van der Waals surface area contributed by atoms with E-state index in [-0.39, 0.29) is 12.4 Å². The minimum absolute atomic E-state index is 0.145. The molecule has 1 fully saturated rings. The SMILES string of the molecule is COc1cc(CNCC2CCCO2)c(Br)cc1OCc1ccccc1F. The molecule has 3 rings (SSSR count). The lowest BCUT2D eigenvalue weighted by molar-refractivity contribution is 0.110. The quantitative estimate of drug-likeness (QED) is 0.680. The van der Waals surface area contributed by atoms with E-state index in [4.69, 9.17) is 14.2 Å². The first kappa shape index (κ1) is 19.1. The van der Waals surface area contributed by atoms with E-state index < -0.39 is 0 Å². The molecule has 2 aromatic rings. The van der Waals surface area contributed by atoms with Gasteiger partial charge in [0.25, 0.3) is 0 Å². The Balaban J connectivity index is 1.63. The average molecular weight is 424 g/mol. The summed E-state index contributed by atoms with van der Waals surface area (Å²) in [5.74, 6) is 0.921. The Labute approximate surface area is 161 Å². The molecule has 1 aliphatic heterocycles. The first-order chi connectivity index (χ1) is 12.7. The molecule has 4 nitrogen and oxygen atoms in total. The smallest absolute Gasteiger partial charge is 0.162 e. The maximum absolute atomic E-state index is 13.7. The molecular weight excluding hydrogens is 401 g/mol. The van der Waals surface area contributed by atoms with E-state index in [0.717, 1.165) is 36.0 Å². The Bertz CT molecular complexity index is 735. The molecule has 26 heavy (non-hydrogen) atoms. The van der Waals surface area contributed by atoms with Gasteiger partial charge in [-0.1, -0.05) is 34.1 Å². The van der Waals surface area contributed by atoms with Crippen LogP contribution in [0.15, 0.2) is 40.9 Å². The maximum Gasteiger partial charge on any atom is 0.162 e. The van der Waals surface area contributed by atoms with Crippen LogP contribution in [-0.4, -0.2) is 26.4 Å². The maximum atomic E-state index is 13.7. The van der Waals surface area contributed by atoms with Gasteiger partial charge in [0.1, 0.15) is 12.4 Å². The fourth-order valence-electron chi connectivity index (χ4n) is 2.93. The fraction of sp³-hybridized carbons (Fsp3) is 0.400. The molecule has 1 saturated heterocycles. The summed E-state index contributed by atoms with van der Waals surface area (Å²) in [5, 5.41) is 3.42. The van der Waals surface area contributed by atoms with Gasteiger partial charge in [-0.3, -0.25) is 0 Å². The van der Waals surface area contributed by atoms with Gasteiger partial charge in [-0.15, -0.1) is 0 Å². The molecule has 1 unspecified atom stereocenters. The zero-order valence-corrected chi connectivity index (χ0v) is 16.4. The van der Waals surface area contributed by atoms with Crippen molar-refractivity contribution in [1.82, 2.24) is 5.32 Å². The van der Waals surface area contributed by atoms with Crippen LogP contribution in [-0.2, 0) is 17.9 Å². The van der Waals surface area contributed by atoms with Crippen LogP contribution in [0.3, 0.4) is 0 Å². The first-order valence-corrected chi connectivity index (χ1v) is 9.51. The van der Waals surface area contributed by atoms with Crippen molar-refractivity contribution >= 4 is 15.9 Å². The second kappa shape index (κ2) is 9.35. The minimum atomic E-state index is -0.277. The molecule has 0 aromatic heterocycles. The summed E-state index contributed by atoms with van der Waals surface area (Å²) in [4.78, 5) is 0. The Kier molecular flexibility index (Phi) is 6.88. The van der Waals surface area contributed by atoms with E-state index in [1.807, 2.05) is 12.1 Å². The summed E-state index contributed by atoms with van der Waals surface area (Å²) >= 11 is 3.58. The van der Waals surface area contributed by atoms with Crippen LogP contribution >= 0.6 is 15.9 Å². The summed E-state index contributed by atoms with van der Waals surface area (Å²) in [6.07, 6.45) is 2.55. The van der Waals surface area contributed by atoms with E-state index in [0.29, 0.717) is 29.7 Å². The Morgan fingerprint density at radius 3 is 2.81 bits per heavy atom. The summed E-state index contributed by atoms with van der Waals surface area (Å²) in [7, 11) is 1.60. The fourth-order valence-corrected chi connectivity index (χ4v) is 3.39. The number of benzene rings is 2. The van der Waals surface area contributed by atoms with E-state index in [1.54, 1.807) is 25.3 Å². The molecule has 1 heterocycles. The van der Waals surface area contributed by atoms with Crippen molar-refractivity contribution in [2.24, 2.45) is 0 Å². The second-order valence-corrected chi connectivity index (χ2v) is 7.09. The number of halogens is 2. The van der Waals surface area contributed by atoms with Gasteiger partial charge in [-0.25, -0.2) is 4.39 Å². The van der Waals surface area contributed by atoms with E-state index in [2.05, 4.69) is 21.2 Å². The molecule has 0 amide bonds. The van der Waals surface area contributed by atoms with Crippen LogP contribution in [0, 0.1) is 5.82 Å². The standard InChI is InChI=1S/C20H23BrFNO3/c1-24-19-9-15(11-23-12-16-6-4-8-25-16)17(21)10-20(19)26-13-14-5-2-3-7-18(14)22/h2-3,5,7,9-10,16,23H,4,6,8,11-13H2,1H3. The Hall–Kier alpha value is -1.63. The zero-order chi connectivity index (χ0) is 18.4. The lowest BCUT2D eigenvalue weighted by Crippen LogP contribution is -2.25. The third-order valence-corrected chi connectivity index (χ3v) is 5.12. The first-order valence-electron chi connectivity index (χ1n) is 8.72. The molecule has 1 aliphatic rings. The van der Waals surface area contributed by atoms with Crippen molar-refractivity contribution in [1.29, 1.82) is 0 Å². The topological polar surface area (TPSA) is 39.7 Å². The summed E-state index contributed by atoms with van der Waals surface area (Å²) in [6.45, 7) is 2.54. The molecule has 1 N–H and O–H groups in total. The van der Waals surface area contributed by atoms with E-state index in [1.165, 1.54) is 6.07 Å². The number of hydrogen-bond donors (Lipinski definition) is 1. The van der Waals surface area contributed by atoms with Crippen molar-refractivity contribution in [3.63, 3.8) is 0 Å². The van der Waals surface area contributed by atoms with Crippen LogP contribution in [0.4, 0.5) is 4.39 Å². The van der Waals surface area contributed by atoms with Gasteiger partial charge in [0.15, 0.2) is 11.5 Å². The van der Waals surface area contributed by atoms with Crippen LogP contribution in [0.1, 0.15) is 24.0 Å². The number of hydrogen-bond acceptors (Lipinski definition) is 4. The molecule has 2 aromatic carbocycles. The van der Waals surface area contributed by atoms with Gasteiger partial charge in [0.2, 0.25) is 0 Å². The molecular formula is C20H23BrFNO3. The van der Waals surface area contributed by atoms with Gasteiger partial charge >= 0.3 is 0 Å². The van der Waals surface area contributed by atoms with Crippen molar-refractivity contribution in [3.8, 4) is 11.5 Å². The van der Waals surface area contributed by atoms with Crippen LogP contribution in [0.25, 0.3) is 0 Å². The largest absolute Gasteiger partial charge is 0.493 e. The summed E-state index contributed by atoms with van der Waals surface area (Å²) in [5.41, 5.74) is 1.58. The monoisotopic (exact) mass is 423 g/mol. The highest BCUT2D eigenvalue weighted by atomic mass is 79.9. The average Bonchev–Trinajstić information content (AvgIpc) is 3.16. The van der Waals surface area contributed by atoms with Gasteiger partial charge in [-0.05, 0) is 36.6 Å². The van der Waals surface area contributed by atoms with E-state index >= 15 is 0 Å². The van der Waals surface area contributed by atoms with Crippen molar-refractivity contribution < 1.29 is 18.6 Å². The molecule has 140 valence electrons. The second-order valence-electron chi connectivity index (χ2n) is 6.24. The van der Waals surface area contributed by atoms with Crippen LogP contribution in [0.5, 0.6) is 11.5 Å². The Morgan fingerprint density at radius 1 is 1.23 bits per heavy atom. The lowest BCUT2D eigenvalue weighted by Gasteiger charge is -2.16. The normalized spacial score (nSPS) is 16.7. The van der Waals surface area contributed by atoms with Crippen molar-refractivity contribution in [2.45, 2.75) is 32.1 Å². The molecule has 0 aliphatic carbocycles. The minimum Gasteiger partial charge on any atom is -0.493 e. The number of ether oxygens (including phenoxy) is 3. The molecule has 0 spiro atoms. The molecule has 0 radical (unpaired) electrons. The predicted molar refractivity (Wildman–Crippen MR) is 102 cm³/mol. The zero-order valence-electron chi connectivity index (χ0n) is 14.8. The predicted octanol–water partition coefficient (Wildman–Crippen LogP) is 4.44. The van der Waals surface area contributed by atoms with E-state index in [9.17, 15) is 4.39 Å². The highest BCUT2D eigenvalue weighted by molar-refractivity contribution is 9.10. The summed E-state index contributed by atoms with van der Waals surface area (Å²) in [6, 6.07) is 10.4. The third-order valence-electron chi connectivity index (χ3n) is 4.39. The number of methoxy groups -OCH3 is 1. The molecule has 0 saturated carbocycles. The summed E-state index contributed by atoms with van der Waals surface area (Å²) < 4.78 is 31.5. The molecule has 6 heteroatoms. The van der Waals surface area contributed by atoms with Crippen LogP contribution < -0.4 is 14.8 Å². The highest BCUT2D eigenvalue weighted by Crippen LogP contribution is 2.34. The highest BCUT2D eigenvalue weighted by Gasteiger charge is 2.16. The van der Waals surface area contributed by atoms with Gasteiger partial charge in [0, 0.05) is 29.7 Å². The van der Waals surface area contributed by atoms with Crippen LogP contribution in [0.2, 0.25) is 0 Å².